The lowest BCUT2D eigenvalue weighted by Crippen LogP contribution is -2.42. The van der Waals surface area contributed by atoms with E-state index in [1.165, 1.54) is 11.3 Å². The van der Waals surface area contributed by atoms with Gasteiger partial charge in [-0.15, -0.1) is 0 Å². The van der Waals surface area contributed by atoms with Gasteiger partial charge in [0, 0.05) is 31.4 Å². The van der Waals surface area contributed by atoms with Crippen LogP contribution >= 0.6 is 0 Å². The summed E-state index contributed by atoms with van der Waals surface area (Å²) >= 11 is 0. The first-order chi connectivity index (χ1) is 10.1. The highest BCUT2D eigenvalue weighted by molar-refractivity contribution is 5.78. The Labute approximate surface area is 127 Å². The number of hydrogen-bond acceptors (Lipinski definition) is 3. The first kappa shape index (κ1) is 15.6. The Morgan fingerprint density at radius 2 is 2.19 bits per heavy atom. The number of benzene rings is 1. The lowest BCUT2D eigenvalue weighted by atomic mass is 10.2. The second kappa shape index (κ2) is 7.31. The van der Waals surface area contributed by atoms with E-state index in [-0.39, 0.29) is 6.04 Å². The van der Waals surface area contributed by atoms with Gasteiger partial charge in [0.25, 0.3) is 0 Å². The number of hydrogen-bond donors (Lipinski definition) is 2. The van der Waals surface area contributed by atoms with E-state index in [2.05, 4.69) is 46.4 Å². The van der Waals surface area contributed by atoms with E-state index in [1.54, 1.807) is 7.11 Å². The molecule has 3 N–H and O–H groups in total. The first-order valence-electron chi connectivity index (χ1n) is 7.51. The van der Waals surface area contributed by atoms with E-state index < -0.39 is 0 Å². The predicted molar refractivity (Wildman–Crippen MR) is 87.9 cm³/mol. The second-order valence-corrected chi connectivity index (χ2v) is 5.65. The SMILES string of the molecule is COCC(C)NC(N)=NCC(C)N1CCc2ccccc21. The maximum Gasteiger partial charge on any atom is 0.188 e. The summed E-state index contributed by atoms with van der Waals surface area (Å²) in [6.45, 7) is 6.57. The highest BCUT2D eigenvalue weighted by atomic mass is 16.5. The summed E-state index contributed by atoms with van der Waals surface area (Å²) in [7, 11) is 1.68. The fourth-order valence-corrected chi connectivity index (χ4v) is 2.74. The number of nitrogens with zero attached hydrogens (tertiary/aromatic N) is 2. The van der Waals surface area contributed by atoms with Crippen LogP contribution in [0.5, 0.6) is 0 Å². The van der Waals surface area contributed by atoms with Crippen molar-refractivity contribution in [2.75, 3.05) is 31.7 Å². The van der Waals surface area contributed by atoms with Crippen LogP contribution < -0.4 is 16.0 Å². The summed E-state index contributed by atoms with van der Waals surface area (Å²) in [6.07, 6.45) is 1.11. The number of rotatable bonds is 6. The van der Waals surface area contributed by atoms with Crippen LogP contribution in [0.4, 0.5) is 5.69 Å². The minimum Gasteiger partial charge on any atom is -0.383 e. The molecule has 1 aliphatic heterocycles. The van der Waals surface area contributed by atoms with Crippen LogP contribution in [0.3, 0.4) is 0 Å². The van der Waals surface area contributed by atoms with Crippen LogP contribution in [-0.2, 0) is 11.2 Å². The molecule has 21 heavy (non-hydrogen) atoms. The van der Waals surface area contributed by atoms with Gasteiger partial charge in [-0.05, 0) is 31.9 Å². The fourth-order valence-electron chi connectivity index (χ4n) is 2.74. The van der Waals surface area contributed by atoms with Gasteiger partial charge in [0.05, 0.1) is 13.2 Å². The van der Waals surface area contributed by atoms with Crippen LogP contribution in [0.2, 0.25) is 0 Å². The first-order valence-corrected chi connectivity index (χ1v) is 7.51. The Bertz CT molecular complexity index is 489. The molecule has 1 aliphatic rings. The molecule has 1 aromatic rings. The van der Waals surface area contributed by atoms with Crippen molar-refractivity contribution in [2.24, 2.45) is 10.7 Å². The van der Waals surface area contributed by atoms with Gasteiger partial charge in [0.1, 0.15) is 0 Å². The Hall–Kier alpha value is -1.75. The minimum absolute atomic E-state index is 0.168. The van der Waals surface area contributed by atoms with E-state index >= 15 is 0 Å². The van der Waals surface area contributed by atoms with Crippen LogP contribution in [0.25, 0.3) is 0 Å². The van der Waals surface area contributed by atoms with Gasteiger partial charge in [0.15, 0.2) is 5.96 Å². The molecule has 0 bridgehead atoms. The molecule has 0 amide bonds. The lowest BCUT2D eigenvalue weighted by molar-refractivity contribution is 0.179. The van der Waals surface area contributed by atoms with E-state index in [0.29, 0.717) is 25.2 Å². The molecule has 0 fully saturated rings. The molecular weight excluding hydrogens is 264 g/mol. The molecule has 0 aromatic heterocycles. The Morgan fingerprint density at radius 3 is 2.95 bits per heavy atom. The zero-order valence-corrected chi connectivity index (χ0v) is 13.2. The second-order valence-electron chi connectivity index (χ2n) is 5.65. The largest absolute Gasteiger partial charge is 0.383 e. The molecule has 5 nitrogen and oxygen atoms in total. The number of nitrogens with one attached hydrogen (secondary N) is 1. The zero-order chi connectivity index (χ0) is 15.2. The van der Waals surface area contributed by atoms with E-state index in [9.17, 15) is 0 Å². The summed E-state index contributed by atoms with van der Waals surface area (Å²) in [5.74, 6) is 0.485. The van der Waals surface area contributed by atoms with Gasteiger partial charge >= 0.3 is 0 Å². The third-order valence-corrected chi connectivity index (χ3v) is 3.79. The summed E-state index contributed by atoms with van der Waals surface area (Å²) in [5.41, 5.74) is 8.67. The van der Waals surface area contributed by atoms with Crippen molar-refractivity contribution in [2.45, 2.75) is 32.4 Å². The third-order valence-electron chi connectivity index (χ3n) is 3.79. The Kier molecular flexibility index (Phi) is 5.44. The Balaban J connectivity index is 1.89. The molecule has 116 valence electrons. The number of nitrogens with two attached hydrogens (primary N) is 1. The molecular formula is C16H26N4O. The van der Waals surface area contributed by atoms with Crippen molar-refractivity contribution < 1.29 is 4.74 Å². The minimum atomic E-state index is 0.168. The number of aliphatic imine (C=N–C) groups is 1. The number of guanidine groups is 1. The smallest absolute Gasteiger partial charge is 0.188 e. The monoisotopic (exact) mass is 290 g/mol. The van der Waals surface area contributed by atoms with Gasteiger partial charge in [0.2, 0.25) is 0 Å². The molecule has 0 aliphatic carbocycles. The molecule has 1 heterocycles. The molecule has 1 aromatic carbocycles. The van der Waals surface area contributed by atoms with Gasteiger partial charge in [-0.2, -0.15) is 0 Å². The molecule has 2 unspecified atom stereocenters. The normalized spacial score (nSPS) is 17.5. The molecule has 0 radical (unpaired) electrons. The van der Waals surface area contributed by atoms with Crippen LogP contribution in [0.1, 0.15) is 19.4 Å². The van der Waals surface area contributed by atoms with Gasteiger partial charge in [-0.1, -0.05) is 18.2 Å². The van der Waals surface area contributed by atoms with Crippen LogP contribution in [-0.4, -0.2) is 44.8 Å². The van der Waals surface area contributed by atoms with Crippen molar-refractivity contribution in [3.63, 3.8) is 0 Å². The molecule has 2 atom stereocenters. The van der Waals surface area contributed by atoms with E-state index in [4.69, 9.17) is 10.5 Å². The average molecular weight is 290 g/mol. The highest BCUT2D eigenvalue weighted by Crippen LogP contribution is 2.29. The number of fused-ring (bicyclic) bond motifs is 1. The zero-order valence-electron chi connectivity index (χ0n) is 13.2. The number of anilines is 1. The van der Waals surface area contributed by atoms with Crippen molar-refractivity contribution in [3.8, 4) is 0 Å². The highest BCUT2D eigenvalue weighted by Gasteiger charge is 2.22. The van der Waals surface area contributed by atoms with Crippen molar-refractivity contribution in [1.29, 1.82) is 0 Å². The average Bonchev–Trinajstić information content (AvgIpc) is 2.89. The molecule has 0 saturated carbocycles. The predicted octanol–water partition coefficient (Wildman–Crippen LogP) is 1.38. The van der Waals surface area contributed by atoms with Gasteiger partial charge < -0.3 is 20.7 Å². The molecule has 0 saturated heterocycles. The van der Waals surface area contributed by atoms with Crippen molar-refractivity contribution in [3.05, 3.63) is 29.8 Å². The van der Waals surface area contributed by atoms with Gasteiger partial charge in [-0.25, -0.2) is 0 Å². The topological polar surface area (TPSA) is 62.9 Å². The van der Waals surface area contributed by atoms with E-state index in [1.807, 2.05) is 6.92 Å². The van der Waals surface area contributed by atoms with E-state index in [0.717, 1.165) is 13.0 Å². The standard InChI is InChI=1S/C16H26N4O/c1-12(11-21-3)19-16(17)18-10-13(2)20-9-8-14-6-4-5-7-15(14)20/h4-7,12-13H,8-11H2,1-3H3,(H3,17,18,19). The molecule has 0 spiro atoms. The van der Waals surface area contributed by atoms with Gasteiger partial charge in [-0.3, -0.25) is 4.99 Å². The summed E-state index contributed by atoms with van der Waals surface area (Å²) in [6, 6.07) is 9.09. The fraction of sp³-hybridized carbons (Fsp3) is 0.562. The lowest BCUT2D eigenvalue weighted by Gasteiger charge is -2.26. The van der Waals surface area contributed by atoms with Crippen molar-refractivity contribution >= 4 is 11.6 Å². The quantitative estimate of drug-likeness (QED) is 0.614. The third kappa shape index (κ3) is 4.11. The van der Waals surface area contributed by atoms with Crippen LogP contribution in [0.15, 0.2) is 29.3 Å². The number of para-hydroxylation sites is 1. The molecule has 2 rings (SSSR count). The summed E-state index contributed by atoms with van der Waals surface area (Å²) in [4.78, 5) is 6.86. The van der Waals surface area contributed by atoms with Crippen molar-refractivity contribution in [1.82, 2.24) is 5.32 Å². The number of ether oxygens (including phenoxy) is 1. The van der Waals surface area contributed by atoms with Crippen LogP contribution in [0, 0.1) is 0 Å². The number of methoxy groups -OCH3 is 1. The summed E-state index contributed by atoms with van der Waals surface area (Å²) < 4.78 is 5.07. The maximum atomic E-state index is 5.91. The maximum absolute atomic E-state index is 5.91. The Morgan fingerprint density at radius 1 is 1.43 bits per heavy atom. The molecule has 5 heteroatoms. The summed E-state index contributed by atoms with van der Waals surface area (Å²) in [5, 5.41) is 3.13.